The van der Waals surface area contributed by atoms with Crippen LogP contribution < -0.4 is 0 Å². The molecule has 6 heteroatoms. The molecular formula is C15H19N3O3. The molecule has 0 radical (unpaired) electrons. The van der Waals surface area contributed by atoms with E-state index < -0.39 is 4.92 Å². The van der Waals surface area contributed by atoms with E-state index in [-0.39, 0.29) is 17.0 Å². The second kappa shape index (κ2) is 5.11. The monoisotopic (exact) mass is 289 g/mol. The zero-order valence-corrected chi connectivity index (χ0v) is 12.1. The molecule has 1 amide bonds. The Labute approximate surface area is 123 Å². The van der Waals surface area contributed by atoms with Gasteiger partial charge in [0.05, 0.1) is 4.92 Å². The maximum absolute atomic E-state index is 12.5. The Kier molecular flexibility index (Phi) is 3.41. The van der Waals surface area contributed by atoms with E-state index in [0.29, 0.717) is 5.56 Å². The van der Waals surface area contributed by atoms with Crippen molar-refractivity contribution in [2.24, 2.45) is 5.41 Å². The number of benzene rings is 1. The average Bonchev–Trinajstić information content (AvgIpc) is 3.05. The molecule has 2 heterocycles. The molecule has 2 aliphatic rings. The van der Waals surface area contributed by atoms with E-state index in [1.54, 1.807) is 12.1 Å². The van der Waals surface area contributed by atoms with Gasteiger partial charge in [-0.15, -0.1) is 0 Å². The Morgan fingerprint density at radius 2 is 2.05 bits per heavy atom. The SMILES string of the molecule is CN1CCC2(CCN(C(=O)c3cccc([N+](=O)[O-])c3)C2)C1. The number of rotatable bonds is 2. The lowest BCUT2D eigenvalue weighted by Gasteiger charge is -2.23. The standard InChI is InChI=1S/C15H19N3O3/c1-16-7-5-15(10-16)6-8-17(11-15)14(19)12-3-2-4-13(9-12)18(20)21/h2-4,9H,5-8,10-11H2,1H3. The first kappa shape index (κ1) is 14.0. The topological polar surface area (TPSA) is 66.7 Å². The van der Waals surface area contributed by atoms with Crippen LogP contribution in [0.5, 0.6) is 0 Å². The van der Waals surface area contributed by atoms with Gasteiger partial charge in [-0.3, -0.25) is 14.9 Å². The van der Waals surface area contributed by atoms with Crippen LogP contribution in [-0.4, -0.2) is 53.9 Å². The summed E-state index contributed by atoms with van der Waals surface area (Å²) in [5, 5.41) is 10.8. The lowest BCUT2D eigenvalue weighted by atomic mass is 9.86. The molecule has 0 N–H and O–H groups in total. The summed E-state index contributed by atoms with van der Waals surface area (Å²) in [4.78, 5) is 27.0. The fraction of sp³-hybridized carbons (Fsp3) is 0.533. The molecule has 1 aromatic rings. The van der Waals surface area contributed by atoms with Gasteiger partial charge >= 0.3 is 0 Å². The first-order valence-corrected chi connectivity index (χ1v) is 7.21. The van der Waals surface area contributed by atoms with Gasteiger partial charge in [-0.25, -0.2) is 0 Å². The van der Waals surface area contributed by atoms with Crippen LogP contribution in [0.4, 0.5) is 5.69 Å². The molecule has 112 valence electrons. The van der Waals surface area contributed by atoms with E-state index in [0.717, 1.165) is 39.0 Å². The van der Waals surface area contributed by atoms with Crippen LogP contribution in [0.1, 0.15) is 23.2 Å². The smallest absolute Gasteiger partial charge is 0.270 e. The summed E-state index contributed by atoms with van der Waals surface area (Å²) in [6.07, 6.45) is 2.15. The van der Waals surface area contributed by atoms with Crippen LogP contribution in [0.2, 0.25) is 0 Å². The molecule has 1 atom stereocenters. The summed E-state index contributed by atoms with van der Waals surface area (Å²) in [6.45, 7) is 3.62. The maximum Gasteiger partial charge on any atom is 0.270 e. The molecule has 1 unspecified atom stereocenters. The second-order valence-electron chi connectivity index (χ2n) is 6.27. The summed E-state index contributed by atoms with van der Waals surface area (Å²) in [7, 11) is 2.11. The van der Waals surface area contributed by atoms with E-state index in [1.165, 1.54) is 12.1 Å². The first-order chi connectivity index (χ1) is 9.99. The number of hydrogen-bond donors (Lipinski definition) is 0. The van der Waals surface area contributed by atoms with Crippen molar-refractivity contribution in [1.82, 2.24) is 9.80 Å². The Morgan fingerprint density at radius 3 is 2.71 bits per heavy atom. The summed E-state index contributed by atoms with van der Waals surface area (Å²) in [5.74, 6) is -0.0925. The van der Waals surface area contributed by atoms with Gasteiger partial charge < -0.3 is 9.80 Å². The molecule has 0 bridgehead atoms. The van der Waals surface area contributed by atoms with Gasteiger partial charge in [-0.1, -0.05) is 6.07 Å². The van der Waals surface area contributed by atoms with Crippen molar-refractivity contribution in [3.05, 3.63) is 39.9 Å². The van der Waals surface area contributed by atoms with E-state index in [1.807, 2.05) is 4.90 Å². The zero-order valence-electron chi connectivity index (χ0n) is 12.1. The quantitative estimate of drug-likeness (QED) is 0.614. The highest BCUT2D eigenvalue weighted by Gasteiger charge is 2.43. The predicted octanol–water partition coefficient (Wildman–Crippen LogP) is 1.76. The fourth-order valence-corrected chi connectivity index (χ4v) is 3.54. The normalized spacial score (nSPS) is 25.7. The molecule has 21 heavy (non-hydrogen) atoms. The number of likely N-dealkylation sites (tertiary alicyclic amines) is 2. The third kappa shape index (κ3) is 2.63. The summed E-state index contributed by atoms with van der Waals surface area (Å²) < 4.78 is 0. The first-order valence-electron chi connectivity index (χ1n) is 7.21. The van der Waals surface area contributed by atoms with Gasteiger partial charge in [0, 0.05) is 42.7 Å². The Hall–Kier alpha value is -1.95. The van der Waals surface area contributed by atoms with Crippen molar-refractivity contribution in [3.8, 4) is 0 Å². The number of non-ortho nitro benzene ring substituents is 1. The third-order valence-corrected chi connectivity index (χ3v) is 4.66. The van der Waals surface area contributed by atoms with Gasteiger partial charge in [-0.05, 0) is 32.5 Å². The summed E-state index contributed by atoms with van der Waals surface area (Å²) >= 11 is 0. The number of nitro groups is 1. The molecule has 2 aliphatic heterocycles. The number of nitro benzene ring substituents is 1. The molecule has 0 saturated carbocycles. The molecule has 2 saturated heterocycles. The Bertz CT molecular complexity index is 589. The number of carbonyl (C=O) groups is 1. The van der Waals surface area contributed by atoms with Gasteiger partial charge in [0.25, 0.3) is 11.6 Å². The van der Waals surface area contributed by atoms with Gasteiger partial charge in [0.2, 0.25) is 0 Å². The number of amides is 1. The highest BCUT2D eigenvalue weighted by molar-refractivity contribution is 5.95. The number of carbonyl (C=O) groups excluding carboxylic acids is 1. The van der Waals surface area contributed by atoms with E-state index in [2.05, 4.69) is 11.9 Å². The largest absolute Gasteiger partial charge is 0.338 e. The number of hydrogen-bond acceptors (Lipinski definition) is 4. The predicted molar refractivity (Wildman–Crippen MR) is 78.2 cm³/mol. The Balaban J connectivity index is 1.75. The molecule has 3 rings (SSSR count). The highest BCUT2D eigenvalue weighted by Crippen LogP contribution is 2.39. The molecule has 2 fully saturated rings. The van der Waals surface area contributed by atoms with Crippen molar-refractivity contribution in [3.63, 3.8) is 0 Å². The minimum absolute atomic E-state index is 0.0321. The van der Waals surface area contributed by atoms with E-state index in [9.17, 15) is 14.9 Å². The molecule has 0 aliphatic carbocycles. The lowest BCUT2D eigenvalue weighted by Crippen LogP contribution is -2.33. The third-order valence-electron chi connectivity index (χ3n) is 4.66. The molecular weight excluding hydrogens is 270 g/mol. The lowest BCUT2D eigenvalue weighted by molar-refractivity contribution is -0.384. The van der Waals surface area contributed by atoms with Gasteiger partial charge in [0.1, 0.15) is 0 Å². The van der Waals surface area contributed by atoms with Crippen molar-refractivity contribution in [1.29, 1.82) is 0 Å². The molecule has 1 spiro atoms. The van der Waals surface area contributed by atoms with Crippen molar-refractivity contribution in [2.45, 2.75) is 12.8 Å². The molecule has 1 aromatic carbocycles. The van der Waals surface area contributed by atoms with Crippen LogP contribution in [0.15, 0.2) is 24.3 Å². The Morgan fingerprint density at radius 1 is 1.29 bits per heavy atom. The maximum atomic E-state index is 12.5. The van der Waals surface area contributed by atoms with Crippen LogP contribution in [0.25, 0.3) is 0 Å². The van der Waals surface area contributed by atoms with Crippen LogP contribution in [-0.2, 0) is 0 Å². The van der Waals surface area contributed by atoms with Crippen molar-refractivity contribution >= 4 is 11.6 Å². The molecule has 6 nitrogen and oxygen atoms in total. The minimum atomic E-state index is -0.464. The second-order valence-corrected chi connectivity index (χ2v) is 6.27. The zero-order chi connectivity index (χ0) is 15.0. The van der Waals surface area contributed by atoms with Gasteiger partial charge in [-0.2, -0.15) is 0 Å². The van der Waals surface area contributed by atoms with Gasteiger partial charge in [0.15, 0.2) is 0 Å². The van der Waals surface area contributed by atoms with Crippen LogP contribution in [0, 0.1) is 15.5 Å². The molecule has 0 aromatic heterocycles. The summed E-state index contributed by atoms with van der Waals surface area (Å²) in [5.41, 5.74) is 0.605. The fourth-order valence-electron chi connectivity index (χ4n) is 3.54. The van der Waals surface area contributed by atoms with Crippen molar-refractivity contribution in [2.75, 3.05) is 33.2 Å². The van der Waals surface area contributed by atoms with E-state index >= 15 is 0 Å². The van der Waals surface area contributed by atoms with Crippen molar-refractivity contribution < 1.29 is 9.72 Å². The number of nitrogens with zero attached hydrogens (tertiary/aromatic N) is 3. The van der Waals surface area contributed by atoms with E-state index in [4.69, 9.17) is 0 Å². The minimum Gasteiger partial charge on any atom is -0.338 e. The highest BCUT2D eigenvalue weighted by atomic mass is 16.6. The van der Waals surface area contributed by atoms with Crippen LogP contribution >= 0.6 is 0 Å². The summed E-state index contributed by atoms with van der Waals surface area (Å²) in [6, 6.07) is 6.00. The van der Waals surface area contributed by atoms with Crippen LogP contribution in [0.3, 0.4) is 0 Å². The average molecular weight is 289 g/mol.